The molecule has 4 rings (SSSR count). The number of aromatic nitrogens is 1. The van der Waals surface area contributed by atoms with Gasteiger partial charge in [-0.15, -0.1) is 0 Å². The number of amides is 2. The molecule has 3 heterocycles. The highest BCUT2D eigenvalue weighted by Gasteiger charge is 2.32. The smallest absolute Gasteiger partial charge is 0.317 e. The van der Waals surface area contributed by atoms with E-state index >= 15 is 0 Å². The first kappa shape index (κ1) is 17.9. The molecule has 1 aromatic heterocycles. The van der Waals surface area contributed by atoms with Crippen LogP contribution in [0.3, 0.4) is 0 Å². The van der Waals surface area contributed by atoms with E-state index < -0.39 is 0 Å². The first-order valence-corrected chi connectivity index (χ1v) is 9.62. The van der Waals surface area contributed by atoms with E-state index in [1.54, 1.807) is 6.20 Å². The van der Waals surface area contributed by atoms with Crippen molar-refractivity contribution in [3.8, 4) is 0 Å². The lowest BCUT2D eigenvalue weighted by Crippen LogP contribution is -2.60. The van der Waals surface area contributed by atoms with E-state index in [2.05, 4.69) is 27.3 Å². The lowest BCUT2D eigenvalue weighted by molar-refractivity contribution is -0.0366. The topological polar surface area (TPSA) is 57.7 Å². The van der Waals surface area contributed by atoms with Crippen molar-refractivity contribution in [1.82, 2.24) is 20.1 Å². The molecule has 2 aliphatic heterocycles. The van der Waals surface area contributed by atoms with E-state index in [9.17, 15) is 4.79 Å². The zero-order chi connectivity index (χ0) is 18.5. The molecule has 2 unspecified atom stereocenters. The number of pyridine rings is 1. The van der Waals surface area contributed by atoms with Crippen LogP contribution in [-0.4, -0.2) is 66.2 Å². The third-order valence-electron chi connectivity index (χ3n) is 5.36. The van der Waals surface area contributed by atoms with Gasteiger partial charge in [0.15, 0.2) is 0 Å². The van der Waals surface area contributed by atoms with E-state index in [4.69, 9.17) is 4.74 Å². The highest BCUT2D eigenvalue weighted by atomic mass is 16.5. The van der Waals surface area contributed by atoms with Crippen LogP contribution < -0.4 is 5.32 Å². The quantitative estimate of drug-likeness (QED) is 0.900. The standard InChI is InChI=1S/C21H26N4O2/c26-21(25-11-10-24-12-13-27-16-19(24)15-25)23-20(17-6-2-1-3-7-17)14-18-8-4-5-9-22-18/h1-9,19-20H,10-16H2,(H,23,26). The molecule has 2 aromatic rings. The predicted octanol–water partition coefficient (Wildman–Crippen LogP) is 2.09. The van der Waals surface area contributed by atoms with Gasteiger partial charge in [-0.2, -0.15) is 0 Å². The second-order valence-corrected chi connectivity index (χ2v) is 7.15. The maximum Gasteiger partial charge on any atom is 0.317 e. The maximum absolute atomic E-state index is 13.0. The number of carbonyl (C=O) groups is 1. The molecule has 2 aliphatic rings. The summed E-state index contributed by atoms with van der Waals surface area (Å²) in [6, 6.07) is 16.2. The molecule has 27 heavy (non-hydrogen) atoms. The Hall–Kier alpha value is -2.44. The molecule has 0 radical (unpaired) electrons. The Morgan fingerprint density at radius 3 is 2.81 bits per heavy atom. The second kappa shape index (κ2) is 8.50. The highest BCUT2D eigenvalue weighted by Crippen LogP contribution is 2.19. The summed E-state index contributed by atoms with van der Waals surface area (Å²) >= 11 is 0. The fraction of sp³-hybridized carbons (Fsp3) is 0.429. The third-order valence-corrected chi connectivity index (χ3v) is 5.36. The van der Waals surface area contributed by atoms with Gasteiger partial charge in [-0.3, -0.25) is 9.88 Å². The third kappa shape index (κ3) is 4.46. The Balaban J connectivity index is 1.45. The van der Waals surface area contributed by atoms with Crippen molar-refractivity contribution in [2.45, 2.75) is 18.5 Å². The number of urea groups is 1. The number of hydrogen-bond donors (Lipinski definition) is 1. The van der Waals surface area contributed by atoms with Crippen molar-refractivity contribution in [2.24, 2.45) is 0 Å². The number of rotatable bonds is 4. The van der Waals surface area contributed by atoms with Crippen molar-refractivity contribution in [3.63, 3.8) is 0 Å². The summed E-state index contributed by atoms with van der Waals surface area (Å²) in [6.07, 6.45) is 2.46. The van der Waals surface area contributed by atoms with Crippen LogP contribution in [0.15, 0.2) is 54.7 Å². The highest BCUT2D eigenvalue weighted by molar-refractivity contribution is 5.75. The second-order valence-electron chi connectivity index (χ2n) is 7.15. The summed E-state index contributed by atoms with van der Waals surface area (Å²) < 4.78 is 5.59. The van der Waals surface area contributed by atoms with Gasteiger partial charge in [0.2, 0.25) is 0 Å². The van der Waals surface area contributed by atoms with Crippen LogP contribution in [0, 0.1) is 0 Å². The molecule has 0 aliphatic carbocycles. The first-order chi connectivity index (χ1) is 13.3. The van der Waals surface area contributed by atoms with Gasteiger partial charge in [0.05, 0.1) is 25.3 Å². The van der Waals surface area contributed by atoms with Gasteiger partial charge in [0.1, 0.15) is 0 Å². The van der Waals surface area contributed by atoms with Crippen LogP contribution >= 0.6 is 0 Å². The minimum absolute atomic E-state index is 0.00925. The summed E-state index contributed by atoms with van der Waals surface area (Å²) in [5, 5.41) is 3.23. The predicted molar refractivity (Wildman–Crippen MR) is 103 cm³/mol. The number of morpholine rings is 1. The fourth-order valence-corrected chi connectivity index (χ4v) is 3.84. The molecule has 2 amide bonds. The van der Waals surface area contributed by atoms with Gasteiger partial charge in [0.25, 0.3) is 0 Å². The van der Waals surface area contributed by atoms with Gasteiger partial charge >= 0.3 is 6.03 Å². The largest absolute Gasteiger partial charge is 0.378 e. The van der Waals surface area contributed by atoms with Crippen molar-refractivity contribution < 1.29 is 9.53 Å². The van der Waals surface area contributed by atoms with Gasteiger partial charge in [-0.1, -0.05) is 36.4 Å². The summed E-state index contributed by atoms with van der Waals surface area (Å²) in [7, 11) is 0. The van der Waals surface area contributed by atoms with Gasteiger partial charge in [-0.25, -0.2) is 4.79 Å². The number of piperazine rings is 1. The summed E-state index contributed by atoms with van der Waals surface area (Å²) in [6.45, 7) is 4.86. The molecule has 1 N–H and O–H groups in total. The molecular formula is C21H26N4O2. The number of ether oxygens (including phenoxy) is 1. The summed E-state index contributed by atoms with van der Waals surface area (Å²) in [5.41, 5.74) is 2.06. The average molecular weight is 366 g/mol. The molecule has 6 heteroatoms. The minimum atomic E-state index is -0.103. The lowest BCUT2D eigenvalue weighted by atomic mass is 10.0. The van der Waals surface area contributed by atoms with Gasteiger partial charge < -0.3 is 15.0 Å². The number of fused-ring (bicyclic) bond motifs is 1. The van der Waals surface area contributed by atoms with Crippen molar-refractivity contribution in [2.75, 3.05) is 39.4 Å². The van der Waals surface area contributed by atoms with Crippen LogP contribution in [0.2, 0.25) is 0 Å². The Bertz CT molecular complexity index is 740. The number of carbonyl (C=O) groups excluding carboxylic acids is 1. The van der Waals surface area contributed by atoms with Gasteiger partial charge in [0, 0.05) is 44.5 Å². The molecule has 142 valence electrons. The minimum Gasteiger partial charge on any atom is -0.378 e. The van der Waals surface area contributed by atoms with Gasteiger partial charge in [-0.05, 0) is 17.7 Å². The number of nitrogens with zero attached hydrogens (tertiary/aromatic N) is 3. The molecule has 2 atom stereocenters. The van der Waals surface area contributed by atoms with E-state index in [1.807, 2.05) is 41.3 Å². The average Bonchev–Trinajstić information content (AvgIpc) is 2.74. The zero-order valence-corrected chi connectivity index (χ0v) is 15.5. The normalized spacial score (nSPS) is 21.3. The summed E-state index contributed by atoms with van der Waals surface area (Å²) in [5.74, 6) is 0. The molecule has 0 bridgehead atoms. The van der Waals surface area contributed by atoms with E-state index in [0.29, 0.717) is 19.1 Å². The Kier molecular flexibility index (Phi) is 5.65. The Morgan fingerprint density at radius 2 is 2.00 bits per heavy atom. The molecule has 0 saturated carbocycles. The van der Waals surface area contributed by atoms with E-state index in [1.165, 1.54) is 0 Å². The summed E-state index contributed by atoms with van der Waals surface area (Å²) in [4.78, 5) is 21.8. The fourth-order valence-electron chi connectivity index (χ4n) is 3.84. The SMILES string of the molecule is O=C(NC(Cc1ccccn1)c1ccccc1)N1CCN2CCOCC2C1. The van der Waals surface area contributed by atoms with Crippen molar-refractivity contribution in [3.05, 3.63) is 66.0 Å². The van der Waals surface area contributed by atoms with Crippen LogP contribution in [0.4, 0.5) is 4.79 Å². The number of nitrogens with one attached hydrogen (secondary N) is 1. The van der Waals surface area contributed by atoms with E-state index in [-0.39, 0.29) is 12.1 Å². The zero-order valence-electron chi connectivity index (χ0n) is 15.5. The molecule has 1 aromatic carbocycles. The monoisotopic (exact) mass is 366 g/mol. The molecule has 0 spiro atoms. The first-order valence-electron chi connectivity index (χ1n) is 9.62. The van der Waals surface area contributed by atoms with Crippen LogP contribution in [0.1, 0.15) is 17.3 Å². The van der Waals surface area contributed by atoms with Crippen LogP contribution in [-0.2, 0) is 11.2 Å². The van der Waals surface area contributed by atoms with Crippen LogP contribution in [0.25, 0.3) is 0 Å². The lowest BCUT2D eigenvalue weighted by Gasteiger charge is -2.43. The molecule has 2 fully saturated rings. The molecule has 2 saturated heterocycles. The van der Waals surface area contributed by atoms with Crippen LogP contribution in [0.5, 0.6) is 0 Å². The van der Waals surface area contributed by atoms with Crippen molar-refractivity contribution in [1.29, 1.82) is 0 Å². The number of benzene rings is 1. The number of hydrogen-bond acceptors (Lipinski definition) is 4. The maximum atomic E-state index is 13.0. The van der Waals surface area contributed by atoms with E-state index in [0.717, 1.165) is 44.0 Å². The van der Waals surface area contributed by atoms with Crippen molar-refractivity contribution >= 4 is 6.03 Å². The Morgan fingerprint density at radius 1 is 1.15 bits per heavy atom. The molecule has 6 nitrogen and oxygen atoms in total. The molecular weight excluding hydrogens is 340 g/mol. The Labute approximate surface area is 160 Å².